The van der Waals surface area contributed by atoms with Crippen molar-refractivity contribution >= 4 is 17.8 Å². The number of methoxy groups -OCH3 is 2. The SMILES string of the molecule is COc1ccc(C#CC(=O)c2cc(OC(C)C)c(OC)cc2OSCc2ccccc2)cc1OC(C)C. The predicted octanol–water partition coefficient (Wildman–Crippen LogP) is 6.74. The predicted molar refractivity (Wildman–Crippen MR) is 147 cm³/mol. The van der Waals surface area contributed by atoms with Crippen molar-refractivity contribution in [2.24, 2.45) is 0 Å². The molecular formula is C30H32O6S. The number of hydrogen-bond acceptors (Lipinski definition) is 7. The van der Waals surface area contributed by atoms with E-state index < -0.39 is 5.78 Å². The van der Waals surface area contributed by atoms with Gasteiger partial charge in [0, 0.05) is 11.6 Å². The van der Waals surface area contributed by atoms with Crippen molar-refractivity contribution in [1.82, 2.24) is 0 Å². The number of Topliss-reactive ketones (excluding diaryl/α,β-unsaturated/α-hetero) is 1. The summed E-state index contributed by atoms with van der Waals surface area (Å²) in [5, 5.41) is 0. The van der Waals surface area contributed by atoms with Crippen LogP contribution in [0.15, 0.2) is 60.7 Å². The van der Waals surface area contributed by atoms with Gasteiger partial charge < -0.3 is 23.1 Å². The molecule has 0 bridgehead atoms. The fourth-order valence-electron chi connectivity index (χ4n) is 3.33. The monoisotopic (exact) mass is 520 g/mol. The average molecular weight is 521 g/mol. The second kappa shape index (κ2) is 13.5. The van der Waals surface area contributed by atoms with Gasteiger partial charge in [-0.05, 0) is 63.4 Å². The lowest BCUT2D eigenvalue weighted by Crippen LogP contribution is -2.09. The van der Waals surface area contributed by atoms with Crippen molar-refractivity contribution in [3.05, 3.63) is 77.4 Å². The molecule has 0 aliphatic heterocycles. The van der Waals surface area contributed by atoms with E-state index in [1.807, 2.05) is 58.0 Å². The van der Waals surface area contributed by atoms with E-state index in [0.29, 0.717) is 40.1 Å². The molecule has 0 heterocycles. The zero-order valence-corrected chi connectivity index (χ0v) is 22.8. The van der Waals surface area contributed by atoms with Crippen LogP contribution in [0.1, 0.15) is 49.2 Å². The highest BCUT2D eigenvalue weighted by Gasteiger charge is 2.19. The molecule has 0 atom stereocenters. The standard InChI is InChI=1S/C30H32O6S/c1-20(2)34-29-16-22(13-15-26(29)32-5)12-14-25(31)24-17-30(35-21(3)4)28(33-6)18-27(24)36-37-19-23-10-8-7-9-11-23/h7-11,13,15-18,20-21H,19H2,1-6H3. The molecule has 0 radical (unpaired) electrons. The van der Waals surface area contributed by atoms with E-state index in [1.54, 1.807) is 44.6 Å². The Bertz CT molecular complexity index is 1260. The van der Waals surface area contributed by atoms with Gasteiger partial charge in [-0.2, -0.15) is 0 Å². The van der Waals surface area contributed by atoms with E-state index in [9.17, 15) is 4.79 Å². The van der Waals surface area contributed by atoms with E-state index in [1.165, 1.54) is 12.0 Å². The fraction of sp³-hybridized carbons (Fsp3) is 0.300. The summed E-state index contributed by atoms with van der Waals surface area (Å²) in [5.74, 6) is 8.30. The minimum atomic E-state index is -0.409. The van der Waals surface area contributed by atoms with Crippen LogP contribution in [-0.2, 0) is 5.75 Å². The lowest BCUT2D eigenvalue weighted by Gasteiger charge is -2.16. The van der Waals surface area contributed by atoms with Crippen LogP contribution in [0.2, 0.25) is 0 Å². The smallest absolute Gasteiger partial charge is 0.240 e. The molecule has 0 fully saturated rings. The third kappa shape index (κ3) is 8.12. The fourth-order valence-corrected chi connectivity index (χ4v) is 3.98. The van der Waals surface area contributed by atoms with Crippen molar-refractivity contribution in [2.45, 2.75) is 45.7 Å². The summed E-state index contributed by atoms with van der Waals surface area (Å²) >= 11 is 1.23. The molecular weight excluding hydrogens is 488 g/mol. The Morgan fingerprint density at radius 2 is 1.43 bits per heavy atom. The van der Waals surface area contributed by atoms with E-state index in [-0.39, 0.29) is 17.8 Å². The molecule has 0 spiro atoms. The van der Waals surface area contributed by atoms with E-state index >= 15 is 0 Å². The van der Waals surface area contributed by atoms with Gasteiger partial charge in [0.1, 0.15) is 0 Å². The maximum Gasteiger partial charge on any atom is 0.240 e. The van der Waals surface area contributed by atoms with Crippen LogP contribution in [0.4, 0.5) is 0 Å². The zero-order chi connectivity index (χ0) is 26.8. The van der Waals surface area contributed by atoms with Gasteiger partial charge in [-0.25, -0.2) is 0 Å². The first kappa shape index (κ1) is 27.8. The van der Waals surface area contributed by atoms with Crippen LogP contribution >= 0.6 is 12.0 Å². The number of rotatable bonds is 11. The third-order valence-electron chi connectivity index (χ3n) is 4.94. The number of ether oxygens (including phenoxy) is 4. The maximum atomic E-state index is 13.3. The average Bonchev–Trinajstić information content (AvgIpc) is 2.87. The molecule has 3 aromatic rings. The summed E-state index contributed by atoms with van der Waals surface area (Å²) < 4.78 is 28.5. The van der Waals surface area contributed by atoms with Crippen molar-refractivity contribution < 1.29 is 27.9 Å². The minimum absolute atomic E-state index is 0.0366. The van der Waals surface area contributed by atoms with Gasteiger partial charge in [0.25, 0.3) is 0 Å². The molecule has 37 heavy (non-hydrogen) atoms. The minimum Gasteiger partial charge on any atom is -0.493 e. The van der Waals surface area contributed by atoms with Crippen molar-refractivity contribution in [1.29, 1.82) is 0 Å². The Morgan fingerprint density at radius 3 is 2.05 bits per heavy atom. The van der Waals surface area contributed by atoms with Crippen molar-refractivity contribution in [3.63, 3.8) is 0 Å². The van der Waals surface area contributed by atoms with Crippen molar-refractivity contribution in [2.75, 3.05) is 14.2 Å². The highest BCUT2D eigenvalue weighted by molar-refractivity contribution is 7.94. The molecule has 0 saturated carbocycles. The second-order valence-electron chi connectivity index (χ2n) is 8.61. The number of benzene rings is 3. The molecule has 7 heteroatoms. The van der Waals surface area contributed by atoms with Gasteiger partial charge in [-0.3, -0.25) is 4.79 Å². The normalized spacial score (nSPS) is 10.5. The summed E-state index contributed by atoms with van der Waals surface area (Å²) in [6.07, 6.45) is -0.147. The summed E-state index contributed by atoms with van der Waals surface area (Å²) in [5.41, 5.74) is 2.01. The third-order valence-corrected chi connectivity index (χ3v) is 5.69. The number of ketones is 1. The van der Waals surface area contributed by atoms with Crippen LogP contribution in [0.5, 0.6) is 28.7 Å². The van der Waals surface area contributed by atoms with Crippen LogP contribution in [0.25, 0.3) is 0 Å². The molecule has 0 saturated heterocycles. The molecule has 0 aliphatic rings. The second-order valence-corrected chi connectivity index (χ2v) is 9.30. The molecule has 0 amide bonds. The summed E-state index contributed by atoms with van der Waals surface area (Å²) in [7, 11) is 3.13. The topological polar surface area (TPSA) is 63.2 Å². The highest BCUT2D eigenvalue weighted by Crippen LogP contribution is 2.37. The van der Waals surface area contributed by atoms with E-state index in [4.69, 9.17) is 23.1 Å². The Labute approximate surface area is 223 Å². The number of carbonyl (C=O) groups excluding carboxylic acids is 1. The van der Waals surface area contributed by atoms with Gasteiger partial charge >= 0.3 is 0 Å². The van der Waals surface area contributed by atoms with Gasteiger partial charge in [-0.15, -0.1) is 0 Å². The largest absolute Gasteiger partial charge is 0.493 e. The first-order chi connectivity index (χ1) is 17.8. The Morgan fingerprint density at radius 1 is 0.784 bits per heavy atom. The van der Waals surface area contributed by atoms with Gasteiger partial charge in [0.2, 0.25) is 5.78 Å². The molecule has 0 aromatic heterocycles. The lowest BCUT2D eigenvalue weighted by molar-refractivity contribution is 0.105. The number of hydrogen-bond donors (Lipinski definition) is 0. The molecule has 0 N–H and O–H groups in total. The first-order valence-corrected chi connectivity index (χ1v) is 12.8. The maximum absolute atomic E-state index is 13.3. The molecule has 6 nitrogen and oxygen atoms in total. The lowest BCUT2D eigenvalue weighted by atomic mass is 10.1. The summed E-state index contributed by atoms with van der Waals surface area (Å²) in [6, 6.07) is 18.5. The van der Waals surface area contributed by atoms with Gasteiger partial charge in [0.05, 0.1) is 49.8 Å². The Kier molecular flexibility index (Phi) is 10.2. The van der Waals surface area contributed by atoms with Crippen LogP contribution in [0, 0.1) is 11.8 Å². The van der Waals surface area contributed by atoms with Crippen LogP contribution in [0.3, 0.4) is 0 Å². The van der Waals surface area contributed by atoms with Gasteiger partial charge in [0.15, 0.2) is 28.7 Å². The Hall–Kier alpha value is -3.76. The molecule has 0 unspecified atom stereocenters. The van der Waals surface area contributed by atoms with Crippen LogP contribution < -0.4 is 23.1 Å². The Balaban J connectivity index is 1.92. The van der Waals surface area contributed by atoms with Gasteiger partial charge in [-0.1, -0.05) is 36.3 Å². The molecule has 194 valence electrons. The van der Waals surface area contributed by atoms with Crippen molar-refractivity contribution in [3.8, 4) is 40.6 Å². The highest BCUT2D eigenvalue weighted by atomic mass is 32.2. The zero-order valence-electron chi connectivity index (χ0n) is 22.0. The summed E-state index contributed by atoms with van der Waals surface area (Å²) in [4.78, 5) is 13.3. The number of carbonyl (C=O) groups is 1. The molecule has 0 aliphatic carbocycles. The first-order valence-electron chi connectivity index (χ1n) is 11.9. The van der Waals surface area contributed by atoms with Crippen LogP contribution in [-0.4, -0.2) is 32.2 Å². The summed E-state index contributed by atoms with van der Waals surface area (Å²) in [6.45, 7) is 7.67. The molecule has 3 aromatic carbocycles. The van der Waals surface area contributed by atoms with E-state index in [2.05, 4.69) is 11.8 Å². The quantitative estimate of drug-likeness (QED) is 0.158. The van der Waals surface area contributed by atoms with E-state index in [0.717, 1.165) is 5.56 Å². The molecule has 3 rings (SSSR count).